The highest BCUT2D eigenvalue weighted by molar-refractivity contribution is 5.69. The van der Waals surface area contributed by atoms with E-state index in [1.165, 1.54) is 12.3 Å². The summed E-state index contributed by atoms with van der Waals surface area (Å²) in [5, 5.41) is 0. The number of amides is 1. The van der Waals surface area contributed by atoms with E-state index < -0.39 is 11.5 Å². The van der Waals surface area contributed by atoms with Gasteiger partial charge in [-0.05, 0) is 39.8 Å². The van der Waals surface area contributed by atoms with E-state index in [1.54, 1.807) is 11.0 Å². The monoisotopic (exact) mass is 295 g/mol. The predicted molar refractivity (Wildman–Crippen MR) is 78.8 cm³/mol. The lowest BCUT2D eigenvalue weighted by Crippen LogP contribution is -2.55. The van der Waals surface area contributed by atoms with Crippen molar-refractivity contribution in [1.29, 1.82) is 0 Å². The molecule has 0 bridgehead atoms. The van der Waals surface area contributed by atoms with Crippen molar-refractivity contribution in [2.24, 2.45) is 0 Å². The van der Waals surface area contributed by atoms with Crippen LogP contribution < -0.4 is 4.90 Å². The van der Waals surface area contributed by atoms with Crippen LogP contribution in [0, 0.1) is 5.95 Å². The Kier molecular flexibility index (Phi) is 4.34. The van der Waals surface area contributed by atoms with E-state index in [9.17, 15) is 9.18 Å². The zero-order chi connectivity index (χ0) is 15.6. The molecule has 21 heavy (non-hydrogen) atoms. The van der Waals surface area contributed by atoms with Gasteiger partial charge in [0, 0.05) is 25.7 Å². The highest BCUT2D eigenvalue weighted by Gasteiger charge is 2.30. The minimum absolute atomic E-state index is 0.0265. The first-order valence-electron chi connectivity index (χ1n) is 7.12. The first-order valence-corrected chi connectivity index (χ1v) is 7.12. The third-order valence-corrected chi connectivity index (χ3v) is 3.33. The van der Waals surface area contributed by atoms with E-state index in [1.807, 2.05) is 27.7 Å². The average Bonchev–Trinajstić information content (AvgIpc) is 2.37. The maximum absolute atomic E-state index is 12.9. The minimum atomic E-state index is -0.491. The van der Waals surface area contributed by atoms with Crippen molar-refractivity contribution in [2.75, 3.05) is 24.5 Å². The summed E-state index contributed by atoms with van der Waals surface area (Å²) < 4.78 is 18.3. The molecule has 1 aliphatic rings. The van der Waals surface area contributed by atoms with Crippen LogP contribution in [0.15, 0.2) is 18.3 Å². The summed E-state index contributed by atoms with van der Waals surface area (Å²) in [4.78, 5) is 19.6. The van der Waals surface area contributed by atoms with Gasteiger partial charge >= 0.3 is 6.09 Å². The Morgan fingerprint density at radius 2 is 2.10 bits per heavy atom. The van der Waals surface area contributed by atoms with Crippen molar-refractivity contribution in [3.8, 4) is 0 Å². The zero-order valence-electron chi connectivity index (χ0n) is 13.0. The highest BCUT2D eigenvalue weighted by atomic mass is 19.1. The van der Waals surface area contributed by atoms with Crippen LogP contribution in [-0.4, -0.2) is 47.3 Å². The molecule has 0 aliphatic carbocycles. The Morgan fingerprint density at radius 3 is 2.62 bits per heavy atom. The molecule has 0 spiro atoms. The summed E-state index contributed by atoms with van der Waals surface area (Å²) in [5.74, 6) is -0.487. The summed E-state index contributed by atoms with van der Waals surface area (Å²) in [5.41, 5.74) is 0.376. The van der Waals surface area contributed by atoms with Gasteiger partial charge in [-0.2, -0.15) is 4.39 Å². The number of ether oxygens (including phenoxy) is 1. The summed E-state index contributed by atoms with van der Waals surface area (Å²) in [6, 6.07) is 3.08. The van der Waals surface area contributed by atoms with Gasteiger partial charge in [-0.1, -0.05) is 0 Å². The Balaban J connectivity index is 1.99. The van der Waals surface area contributed by atoms with Crippen LogP contribution in [-0.2, 0) is 4.74 Å². The SMILES string of the molecule is C[C@H]1CN(c2ccc(F)nc2)CCN1C(=O)OC(C)(C)C. The van der Waals surface area contributed by atoms with E-state index in [0.29, 0.717) is 19.6 Å². The molecule has 116 valence electrons. The van der Waals surface area contributed by atoms with E-state index in [4.69, 9.17) is 4.74 Å². The van der Waals surface area contributed by atoms with Crippen LogP contribution in [0.3, 0.4) is 0 Å². The third kappa shape index (κ3) is 4.06. The first kappa shape index (κ1) is 15.5. The molecule has 0 N–H and O–H groups in total. The molecule has 1 fully saturated rings. The number of piperazine rings is 1. The van der Waals surface area contributed by atoms with Crippen molar-refractivity contribution in [3.05, 3.63) is 24.3 Å². The van der Waals surface area contributed by atoms with Gasteiger partial charge in [-0.3, -0.25) is 0 Å². The number of carbonyl (C=O) groups is 1. The zero-order valence-corrected chi connectivity index (χ0v) is 13.0. The molecule has 2 heterocycles. The second-order valence-electron chi connectivity index (χ2n) is 6.31. The summed E-state index contributed by atoms with van der Waals surface area (Å²) >= 11 is 0. The fraction of sp³-hybridized carbons (Fsp3) is 0.600. The van der Waals surface area contributed by atoms with E-state index >= 15 is 0 Å². The van der Waals surface area contributed by atoms with Gasteiger partial charge in [-0.15, -0.1) is 0 Å². The van der Waals surface area contributed by atoms with Gasteiger partial charge in [0.25, 0.3) is 0 Å². The Morgan fingerprint density at radius 1 is 1.38 bits per heavy atom. The van der Waals surface area contributed by atoms with Gasteiger partial charge in [0.15, 0.2) is 0 Å². The molecule has 0 saturated carbocycles. The third-order valence-electron chi connectivity index (χ3n) is 3.33. The molecule has 1 atom stereocenters. The van der Waals surface area contributed by atoms with Crippen molar-refractivity contribution in [3.63, 3.8) is 0 Å². The standard InChI is InChI=1S/C15H22FN3O2/c1-11-10-18(12-5-6-13(16)17-9-12)7-8-19(11)14(20)21-15(2,3)4/h5-6,9,11H,7-8,10H2,1-4H3/t11-/m0/s1. The average molecular weight is 295 g/mol. The van der Waals surface area contributed by atoms with Crippen molar-refractivity contribution in [1.82, 2.24) is 9.88 Å². The summed E-state index contributed by atoms with van der Waals surface area (Å²) in [7, 11) is 0. The van der Waals surface area contributed by atoms with Crippen molar-refractivity contribution < 1.29 is 13.9 Å². The van der Waals surface area contributed by atoms with Crippen LogP contribution in [0.1, 0.15) is 27.7 Å². The normalized spacial score (nSPS) is 19.6. The second kappa shape index (κ2) is 5.87. The molecular formula is C15H22FN3O2. The summed E-state index contributed by atoms with van der Waals surface area (Å²) in [6.07, 6.45) is 1.23. The minimum Gasteiger partial charge on any atom is -0.444 e. The highest BCUT2D eigenvalue weighted by Crippen LogP contribution is 2.20. The van der Waals surface area contributed by atoms with Crippen LogP contribution >= 0.6 is 0 Å². The lowest BCUT2D eigenvalue weighted by molar-refractivity contribution is 0.0159. The number of halogens is 1. The molecular weight excluding hydrogens is 273 g/mol. The molecule has 1 aromatic rings. The predicted octanol–water partition coefficient (Wildman–Crippen LogP) is 2.67. The lowest BCUT2D eigenvalue weighted by atomic mass is 10.2. The molecule has 6 heteroatoms. The van der Waals surface area contributed by atoms with Crippen LogP contribution in [0.2, 0.25) is 0 Å². The van der Waals surface area contributed by atoms with E-state index in [0.717, 1.165) is 5.69 Å². The van der Waals surface area contributed by atoms with Gasteiger partial charge in [0.05, 0.1) is 11.9 Å². The van der Waals surface area contributed by atoms with Gasteiger partial charge in [0.1, 0.15) is 5.60 Å². The smallest absolute Gasteiger partial charge is 0.410 e. The molecule has 1 aromatic heterocycles. The van der Waals surface area contributed by atoms with Crippen LogP contribution in [0.5, 0.6) is 0 Å². The first-order chi connectivity index (χ1) is 9.76. The fourth-order valence-electron chi connectivity index (χ4n) is 2.34. The maximum atomic E-state index is 12.9. The lowest BCUT2D eigenvalue weighted by Gasteiger charge is -2.41. The van der Waals surface area contributed by atoms with Gasteiger partial charge in [0.2, 0.25) is 5.95 Å². The number of anilines is 1. The maximum Gasteiger partial charge on any atom is 0.410 e. The largest absolute Gasteiger partial charge is 0.444 e. The number of aromatic nitrogens is 1. The number of rotatable bonds is 1. The number of carbonyl (C=O) groups excluding carboxylic acids is 1. The second-order valence-corrected chi connectivity index (χ2v) is 6.31. The van der Waals surface area contributed by atoms with E-state index in [2.05, 4.69) is 9.88 Å². The van der Waals surface area contributed by atoms with Crippen molar-refractivity contribution in [2.45, 2.75) is 39.3 Å². The van der Waals surface area contributed by atoms with Gasteiger partial charge < -0.3 is 14.5 Å². The molecule has 0 unspecified atom stereocenters. The molecule has 0 aromatic carbocycles. The molecule has 2 rings (SSSR count). The number of pyridine rings is 1. The van der Waals surface area contributed by atoms with Crippen molar-refractivity contribution >= 4 is 11.8 Å². The topological polar surface area (TPSA) is 45.7 Å². The van der Waals surface area contributed by atoms with Crippen LogP contribution in [0.4, 0.5) is 14.9 Å². The summed E-state index contributed by atoms with van der Waals surface area (Å²) in [6.45, 7) is 9.48. The Hall–Kier alpha value is -1.85. The molecule has 1 amide bonds. The fourth-order valence-corrected chi connectivity index (χ4v) is 2.34. The molecule has 5 nitrogen and oxygen atoms in total. The molecule has 1 saturated heterocycles. The van der Waals surface area contributed by atoms with E-state index in [-0.39, 0.29) is 12.1 Å². The molecule has 1 aliphatic heterocycles. The number of nitrogens with zero attached hydrogens (tertiary/aromatic N) is 3. The quantitative estimate of drug-likeness (QED) is 0.747. The van der Waals surface area contributed by atoms with Crippen LogP contribution in [0.25, 0.3) is 0 Å². The Bertz CT molecular complexity index is 499. The number of hydrogen-bond donors (Lipinski definition) is 0. The Labute approximate surface area is 124 Å². The number of hydrogen-bond acceptors (Lipinski definition) is 4. The van der Waals surface area contributed by atoms with Gasteiger partial charge in [-0.25, -0.2) is 9.78 Å². The molecule has 0 radical (unpaired) electrons.